The van der Waals surface area contributed by atoms with E-state index < -0.39 is 0 Å². The van der Waals surface area contributed by atoms with Crippen molar-refractivity contribution >= 4 is 23.2 Å². The first-order valence-electron chi connectivity index (χ1n) is 9.70. The molecule has 8 nitrogen and oxygen atoms in total. The molecule has 3 heterocycles. The maximum Gasteiger partial charge on any atom is 0.272 e. The van der Waals surface area contributed by atoms with Gasteiger partial charge in [-0.2, -0.15) is 5.26 Å². The minimum absolute atomic E-state index is 0.107. The molecular formula is C22H21N7O. The summed E-state index contributed by atoms with van der Waals surface area (Å²) in [6.07, 6.45) is 1.78. The van der Waals surface area contributed by atoms with Crippen molar-refractivity contribution in [1.82, 2.24) is 19.9 Å². The van der Waals surface area contributed by atoms with E-state index in [0.29, 0.717) is 36.0 Å². The molecule has 150 valence electrons. The van der Waals surface area contributed by atoms with Crippen molar-refractivity contribution < 1.29 is 4.79 Å². The van der Waals surface area contributed by atoms with Crippen LogP contribution < -0.4 is 10.2 Å². The molecule has 1 aromatic carbocycles. The normalized spacial score (nSPS) is 13.6. The van der Waals surface area contributed by atoms with E-state index >= 15 is 0 Å². The number of nitrogens with one attached hydrogen (secondary N) is 1. The third kappa shape index (κ3) is 4.36. The molecule has 1 aliphatic heterocycles. The second-order valence-corrected chi connectivity index (χ2v) is 6.97. The Balaban J connectivity index is 1.44. The van der Waals surface area contributed by atoms with Gasteiger partial charge in [0.15, 0.2) is 0 Å². The van der Waals surface area contributed by atoms with Gasteiger partial charge >= 0.3 is 0 Å². The molecule has 1 amide bonds. The van der Waals surface area contributed by atoms with E-state index in [1.165, 1.54) is 0 Å². The van der Waals surface area contributed by atoms with Gasteiger partial charge < -0.3 is 15.1 Å². The summed E-state index contributed by atoms with van der Waals surface area (Å²) in [6, 6.07) is 16.6. The van der Waals surface area contributed by atoms with Gasteiger partial charge in [0.2, 0.25) is 0 Å². The van der Waals surface area contributed by atoms with Crippen LogP contribution >= 0.6 is 0 Å². The number of benzene rings is 1. The molecule has 0 bridgehead atoms. The molecule has 1 aliphatic rings. The fourth-order valence-electron chi connectivity index (χ4n) is 3.36. The van der Waals surface area contributed by atoms with E-state index in [-0.39, 0.29) is 5.91 Å². The van der Waals surface area contributed by atoms with E-state index in [9.17, 15) is 4.79 Å². The van der Waals surface area contributed by atoms with Crippen LogP contribution in [0.15, 0.2) is 54.7 Å². The van der Waals surface area contributed by atoms with Crippen LogP contribution in [0.3, 0.4) is 0 Å². The number of hydrogen-bond acceptors (Lipinski definition) is 7. The van der Waals surface area contributed by atoms with Crippen molar-refractivity contribution in [2.75, 3.05) is 36.4 Å². The largest absolute Gasteiger partial charge is 0.353 e. The van der Waals surface area contributed by atoms with Gasteiger partial charge in [-0.25, -0.2) is 15.0 Å². The number of pyridine rings is 1. The average Bonchev–Trinajstić information content (AvgIpc) is 2.79. The molecule has 1 N–H and O–H groups in total. The molecule has 0 spiro atoms. The van der Waals surface area contributed by atoms with Crippen LogP contribution in [0.4, 0.5) is 17.3 Å². The van der Waals surface area contributed by atoms with E-state index in [1.807, 2.05) is 23.1 Å². The van der Waals surface area contributed by atoms with Crippen LogP contribution in [-0.2, 0) is 0 Å². The molecule has 1 fully saturated rings. The fourth-order valence-corrected chi connectivity index (χ4v) is 3.36. The highest BCUT2D eigenvalue weighted by atomic mass is 16.2. The van der Waals surface area contributed by atoms with E-state index in [0.717, 1.165) is 24.6 Å². The first kappa shape index (κ1) is 19.3. The second-order valence-electron chi connectivity index (χ2n) is 6.97. The average molecular weight is 399 g/mol. The monoisotopic (exact) mass is 399 g/mol. The van der Waals surface area contributed by atoms with Gasteiger partial charge in [0, 0.05) is 44.1 Å². The molecule has 3 aromatic rings. The maximum atomic E-state index is 13.0. The zero-order valence-corrected chi connectivity index (χ0v) is 16.6. The Morgan fingerprint density at radius 1 is 1.07 bits per heavy atom. The van der Waals surface area contributed by atoms with Crippen LogP contribution in [0.25, 0.3) is 0 Å². The summed E-state index contributed by atoms with van der Waals surface area (Å²) in [4.78, 5) is 30.1. The number of nitriles is 1. The summed E-state index contributed by atoms with van der Waals surface area (Å²) in [6.45, 7) is 4.43. The molecular weight excluding hydrogens is 378 g/mol. The van der Waals surface area contributed by atoms with E-state index in [1.54, 1.807) is 43.5 Å². The molecule has 30 heavy (non-hydrogen) atoms. The van der Waals surface area contributed by atoms with Gasteiger partial charge in [0.25, 0.3) is 5.91 Å². The first-order valence-corrected chi connectivity index (χ1v) is 9.70. The highest BCUT2D eigenvalue weighted by Crippen LogP contribution is 2.18. The Labute approximate surface area is 174 Å². The van der Waals surface area contributed by atoms with Gasteiger partial charge in [-0.1, -0.05) is 6.07 Å². The van der Waals surface area contributed by atoms with E-state index in [4.69, 9.17) is 5.26 Å². The minimum atomic E-state index is -0.107. The quantitative estimate of drug-likeness (QED) is 0.720. The molecule has 0 atom stereocenters. The summed E-state index contributed by atoms with van der Waals surface area (Å²) in [5.74, 6) is 1.88. The number of carbonyl (C=O) groups excluding carboxylic acids is 1. The minimum Gasteiger partial charge on any atom is -0.353 e. The Bertz CT molecular complexity index is 1070. The van der Waals surface area contributed by atoms with Crippen LogP contribution in [0.1, 0.15) is 21.9 Å². The Morgan fingerprint density at radius 2 is 1.83 bits per heavy atom. The predicted octanol–water partition coefficient (Wildman–Crippen LogP) is 2.76. The molecule has 0 aliphatic carbocycles. The summed E-state index contributed by atoms with van der Waals surface area (Å²) < 4.78 is 0. The summed E-state index contributed by atoms with van der Waals surface area (Å²) in [5.41, 5.74) is 1.74. The number of aryl methyl sites for hydroxylation is 1. The van der Waals surface area contributed by atoms with Gasteiger partial charge in [-0.3, -0.25) is 4.79 Å². The summed E-state index contributed by atoms with van der Waals surface area (Å²) in [7, 11) is 0. The maximum absolute atomic E-state index is 13.0. The SMILES string of the molecule is Cc1nc(Nc2ccc(C#N)cc2)cc(C(=O)N2CCN(c3ccccn3)CC2)n1. The number of nitrogens with zero attached hydrogens (tertiary/aromatic N) is 6. The Hall–Kier alpha value is -3.99. The van der Waals surface area contributed by atoms with Gasteiger partial charge in [0.1, 0.15) is 23.2 Å². The zero-order valence-electron chi connectivity index (χ0n) is 16.6. The van der Waals surface area contributed by atoms with Crippen molar-refractivity contribution in [3.63, 3.8) is 0 Å². The lowest BCUT2D eigenvalue weighted by molar-refractivity contribution is 0.0740. The molecule has 0 saturated carbocycles. The molecule has 0 unspecified atom stereocenters. The Morgan fingerprint density at radius 3 is 2.50 bits per heavy atom. The highest BCUT2D eigenvalue weighted by molar-refractivity contribution is 5.93. The van der Waals surface area contributed by atoms with Crippen molar-refractivity contribution in [3.8, 4) is 6.07 Å². The van der Waals surface area contributed by atoms with Crippen LogP contribution in [0, 0.1) is 18.3 Å². The van der Waals surface area contributed by atoms with Gasteiger partial charge in [-0.05, 0) is 43.3 Å². The molecule has 8 heteroatoms. The predicted molar refractivity (Wildman–Crippen MR) is 114 cm³/mol. The fraction of sp³-hybridized carbons (Fsp3) is 0.227. The third-order valence-corrected chi connectivity index (χ3v) is 4.88. The second kappa shape index (κ2) is 8.57. The Kier molecular flexibility index (Phi) is 5.52. The molecule has 1 saturated heterocycles. The number of hydrogen-bond donors (Lipinski definition) is 1. The van der Waals surface area contributed by atoms with Crippen molar-refractivity contribution in [1.29, 1.82) is 5.26 Å². The van der Waals surface area contributed by atoms with Crippen LogP contribution in [0.5, 0.6) is 0 Å². The van der Waals surface area contributed by atoms with E-state index in [2.05, 4.69) is 31.2 Å². The van der Waals surface area contributed by atoms with Crippen LogP contribution in [0.2, 0.25) is 0 Å². The first-order chi connectivity index (χ1) is 14.6. The number of aromatic nitrogens is 3. The lowest BCUT2D eigenvalue weighted by atomic mass is 10.2. The third-order valence-electron chi connectivity index (χ3n) is 4.88. The number of rotatable bonds is 4. The molecule has 2 aromatic heterocycles. The zero-order chi connectivity index (χ0) is 20.9. The van der Waals surface area contributed by atoms with Crippen LogP contribution in [-0.4, -0.2) is 51.9 Å². The summed E-state index contributed by atoms with van der Waals surface area (Å²) in [5, 5.41) is 12.1. The number of piperazine rings is 1. The molecule has 0 radical (unpaired) electrons. The topological polar surface area (TPSA) is 98.0 Å². The number of anilines is 3. The lowest BCUT2D eigenvalue weighted by Crippen LogP contribution is -2.49. The highest BCUT2D eigenvalue weighted by Gasteiger charge is 2.24. The van der Waals surface area contributed by atoms with Gasteiger partial charge in [-0.15, -0.1) is 0 Å². The number of amides is 1. The smallest absolute Gasteiger partial charge is 0.272 e. The standard InChI is InChI=1S/C22H21N7O/c1-16-25-19(14-20(26-16)27-18-7-5-17(15-23)6-8-18)22(30)29-12-10-28(11-13-29)21-4-2-3-9-24-21/h2-9,14H,10-13H2,1H3,(H,25,26,27). The lowest BCUT2D eigenvalue weighted by Gasteiger charge is -2.35. The number of carbonyl (C=O) groups is 1. The summed E-state index contributed by atoms with van der Waals surface area (Å²) >= 11 is 0. The van der Waals surface area contributed by atoms with Crippen molar-refractivity contribution in [2.45, 2.75) is 6.92 Å². The molecule has 4 rings (SSSR count). The van der Waals surface area contributed by atoms with Gasteiger partial charge in [0.05, 0.1) is 11.6 Å². The van der Waals surface area contributed by atoms with Crippen molar-refractivity contribution in [2.24, 2.45) is 0 Å². The van der Waals surface area contributed by atoms with Crippen molar-refractivity contribution in [3.05, 3.63) is 71.8 Å².